The van der Waals surface area contributed by atoms with Gasteiger partial charge in [0.1, 0.15) is 11.5 Å². The highest BCUT2D eigenvalue weighted by Crippen LogP contribution is 2.33. The van der Waals surface area contributed by atoms with E-state index in [2.05, 4.69) is 105 Å². The highest BCUT2D eigenvalue weighted by atomic mass is 16.5. The molecule has 0 saturated carbocycles. The summed E-state index contributed by atoms with van der Waals surface area (Å²) in [6.45, 7) is 9.84. The predicted molar refractivity (Wildman–Crippen MR) is 185 cm³/mol. The molecule has 0 radical (unpaired) electrons. The average molecular weight is 565 g/mol. The quantitative estimate of drug-likeness (QED) is 0.0946. The predicted octanol–water partition coefficient (Wildman–Crippen LogP) is 12.1. The first-order chi connectivity index (χ1) is 20.7. The van der Waals surface area contributed by atoms with Crippen molar-refractivity contribution in [2.24, 2.45) is 0 Å². The Hall–Kier alpha value is -3.52. The molecule has 224 valence electrons. The molecule has 0 bridgehead atoms. The summed E-state index contributed by atoms with van der Waals surface area (Å²) in [6, 6.07) is 23.2. The van der Waals surface area contributed by atoms with E-state index in [1.165, 1.54) is 69.8 Å². The average Bonchev–Trinajstić information content (AvgIpc) is 3.03. The Bertz CT molecular complexity index is 1200. The lowest BCUT2D eigenvalue weighted by Gasteiger charge is -2.15. The van der Waals surface area contributed by atoms with Gasteiger partial charge in [-0.3, -0.25) is 0 Å². The lowest BCUT2D eigenvalue weighted by atomic mass is 10.0. The molecule has 2 nitrogen and oxygen atoms in total. The first-order valence-corrected chi connectivity index (χ1v) is 16.3. The van der Waals surface area contributed by atoms with Gasteiger partial charge in [0, 0.05) is 11.1 Å². The molecule has 3 aromatic rings. The first-order valence-electron chi connectivity index (χ1n) is 16.3. The molecular formula is C40H52O2. The number of hydrogen-bond acceptors (Lipinski definition) is 2. The molecule has 2 heteroatoms. The van der Waals surface area contributed by atoms with Crippen molar-refractivity contribution in [3.05, 3.63) is 101 Å². The summed E-state index contributed by atoms with van der Waals surface area (Å²) in [5.41, 5.74) is 5.53. The molecule has 0 atom stereocenters. The van der Waals surface area contributed by atoms with E-state index in [1.54, 1.807) is 0 Å². The zero-order valence-corrected chi connectivity index (χ0v) is 26.2. The summed E-state index contributed by atoms with van der Waals surface area (Å²) in [4.78, 5) is 0. The van der Waals surface area contributed by atoms with E-state index in [9.17, 15) is 0 Å². The van der Waals surface area contributed by atoms with Crippen LogP contribution in [0.15, 0.2) is 73.3 Å². The normalized spacial score (nSPS) is 11.4. The van der Waals surface area contributed by atoms with Gasteiger partial charge in [0.15, 0.2) is 0 Å². The Morgan fingerprint density at radius 2 is 0.929 bits per heavy atom. The van der Waals surface area contributed by atoms with E-state index < -0.39 is 0 Å². The van der Waals surface area contributed by atoms with Crippen molar-refractivity contribution in [3.63, 3.8) is 0 Å². The summed E-state index contributed by atoms with van der Waals surface area (Å²) in [5, 5.41) is 0. The van der Waals surface area contributed by atoms with Gasteiger partial charge in [-0.1, -0.05) is 170 Å². The van der Waals surface area contributed by atoms with Crippen LogP contribution in [-0.4, -0.2) is 13.2 Å². The standard InChI is InChI=1S/C40H52O2/c1-4-7-9-11-13-18-30-41-39-33-38(29-27-36-24-22-34(6-3)23-25-36)40(42-31-19-14-12-10-8-5-2)32-37(39)28-26-35-20-16-15-17-21-35/h6,15-17,20-29,32-33H,3-5,7-14,18-19,30-31H2,1-2H3. The van der Waals surface area contributed by atoms with Crippen LogP contribution in [0.25, 0.3) is 30.4 Å². The minimum absolute atomic E-state index is 0.723. The molecular weight excluding hydrogens is 512 g/mol. The molecule has 0 aliphatic heterocycles. The van der Waals surface area contributed by atoms with Crippen molar-refractivity contribution in [3.8, 4) is 11.5 Å². The Morgan fingerprint density at radius 1 is 0.500 bits per heavy atom. The van der Waals surface area contributed by atoms with E-state index in [0.29, 0.717) is 0 Å². The summed E-state index contributed by atoms with van der Waals surface area (Å²) in [5.74, 6) is 1.81. The summed E-state index contributed by atoms with van der Waals surface area (Å²) in [6.07, 6.45) is 25.4. The molecule has 0 aromatic heterocycles. The molecule has 0 unspecified atom stereocenters. The second-order valence-corrected chi connectivity index (χ2v) is 11.1. The monoisotopic (exact) mass is 564 g/mol. The first kappa shape index (κ1) is 33.0. The molecule has 0 aliphatic carbocycles. The lowest BCUT2D eigenvalue weighted by Crippen LogP contribution is -2.03. The Labute approximate surface area is 256 Å². The number of rotatable bonds is 21. The van der Waals surface area contributed by atoms with Crippen LogP contribution in [0.2, 0.25) is 0 Å². The molecule has 0 amide bonds. The highest BCUT2D eigenvalue weighted by molar-refractivity contribution is 5.79. The fraction of sp³-hybridized carbons (Fsp3) is 0.400. The Kier molecular flexibility index (Phi) is 16.0. The molecule has 3 aromatic carbocycles. The molecule has 42 heavy (non-hydrogen) atoms. The number of benzene rings is 3. The van der Waals surface area contributed by atoms with Crippen molar-refractivity contribution in [1.29, 1.82) is 0 Å². The van der Waals surface area contributed by atoms with Gasteiger partial charge in [-0.2, -0.15) is 0 Å². The minimum atomic E-state index is 0.723. The molecule has 0 N–H and O–H groups in total. The van der Waals surface area contributed by atoms with Gasteiger partial charge < -0.3 is 9.47 Å². The molecule has 0 aliphatic rings. The highest BCUT2D eigenvalue weighted by Gasteiger charge is 2.10. The summed E-state index contributed by atoms with van der Waals surface area (Å²) < 4.78 is 12.9. The maximum atomic E-state index is 6.44. The van der Waals surface area contributed by atoms with Crippen LogP contribution in [0.3, 0.4) is 0 Å². The smallest absolute Gasteiger partial charge is 0.127 e. The molecule has 0 fully saturated rings. The topological polar surface area (TPSA) is 18.5 Å². The van der Waals surface area contributed by atoms with E-state index in [1.807, 2.05) is 12.1 Å². The van der Waals surface area contributed by atoms with Gasteiger partial charge in [0.2, 0.25) is 0 Å². The van der Waals surface area contributed by atoms with Crippen molar-refractivity contribution >= 4 is 30.4 Å². The molecule has 0 spiro atoms. The molecule has 3 rings (SSSR count). The molecule has 0 heterocycles. The zero-order valence-electron chi connectivity index (χ0n) is 26.2. The van der Waals surface area contributed by atoms with E-state index >= 15 is 0 Å². The van der Waals surface area contributed by atoms with Gasteiger partial charge in [-0.15, -0.1) is 0 Å². The Morgan fingerprint density at radius 3 is 1.40 bits per heavy atom. The van der Waals surface area contributed by atoms with Gasteiger partial charge >= 0.3 is 0 Å². The lowest BCUT2D eigenvalue weighted by molar-refractivity contribution is 0.295. The van der Waals surface area contributed by atoms with E-state index in [4.69, 9.17) is 9.47 Å². The van der Waals surface area contributed by atoms with Crippen LogP contribution in [0.4, 0.5) is 0 Å². The number of ether oxygens (including phenoxy) is 2. The third-order valence-electron chi connectivity index (χ3n) is 7.54. The second-order valence-electron chi connectivity index (χ2n) is 11.1. The number of hydrogen-bond donors (Lipinski definition) is 0. The van der Waals surface area contributed by atoms with Crippen molar-refractivity contribution in [2.75, 3.05) is 13.2 Å². The van der Waals surface area contributed by atoms with Crippen LogP contribution in [-0.2, 0) is 0 Å². The Balaban J connectivity index is 1.83. The van der Waals surface area contributed by atoms with Crippen LogP contribution in [0.1, 0.15) is 119 Å². The van der Waals surface area contributed by atoms with Crippen LogP contribution in [0.5, 0.6) is 11.5 Å². The van der Waals surface area contributed by atoms with Crippen molar-refractivity contribution < 1.29 is 9.47 Å². The SMILES string of the molecule is C=Cc1ccc(C=Cc2cc(OCCCCCCCC)c(C=Cc3ccccc3)cc2OCCCCCCCC)cc1. The van der Waals surface area contributed by atoms with Gasteiger partial charge in [0.25, 0.3) is 0 Å². The van der Waals surface area contributed by atoms with Gasteiger partial charge in [0.05, 0.1) is 13.2 Å². The fourth-order valence-electron chi connectivity index (χ4n) is 4.91. The largest absolute Gasteiger partial charge is 0.493 e. The van der Waals surface area contributed by atoms with E-state index in [-0.39, 0.29) is 0 Å². The maximum absolute atomic E-state index is 6.44. The molecule has 0 saturated heterocycles. The summed E-state index contributed by atoms with van der Waals surface area (Å²) in [7, 11) is 0. The third-order valence-corrected chi connectivity index (χ3v) is 7.54. The van der Waals surface area contributed by atoms with Crippen LogP contribution in [0, 0.1) is 0 Å². The number of unbranched alkanes of at least 4 members (excludes halogenated alkanes) is 10. The van der Waals surface area contributed by atoms with Gasteiger partial charge in [-0.05, 0) is 41.7 Å². The minimum Gasteiger partial charge on any atom is -0.493 e. The third kappa shape index (κ3) is 12.6. The van der Waals surface area contributed by atoms with Crippen LogP contribution >= 0.6 is 0 Å². The van der Waals surface area contributed by atoms with Crippen molar-refractivity contribution in [1.82, 2.24) is 0 Å². The van der Waals surface area contributed by atoms with E-state index in [0.717, 1.165) is 59.8 Å². The van der Waals surface area contributed by atoms with Crippen LogP contribution < -0.4 is 9.47 Å². The second kappa shape index (κ2) is 20.4. The summed E-state index contributed by atoms with van der Waals surface area (Å²) >= 11 is 0. The van der Waals surface area contributed by atoms with Crippen molar-refractivity contribution in [2.45, 2.75) is 90.9 Å². The van der Waals surface area contributed by atoms with Gasteiger partial charge in [-0.25, -0.2) is 0 Å². The fourth-order valence-corrected chi connectivity index (χ4v) is 4.91. The zero-order chi connectivity index (χ0) is 29.7. The maximum Gasteiger partial charge on any atom is 0.127 e.